The number of rotatable bonds is 5. The Kier molecular flexibility index (Phi) is 4.92. The molecule has 5 nitrogen and oxygen atoms in total. The number of fused-ring (bicyclic) bond motifs is 1. The number of amides is 1. The van der Waals surface area contributed by atoms with Crippen LogP contribution < -0.4 is 20.1 Å². The number of benzene rings is 3. The van der Waals surface area contributed by atoms with Crippen LogP contribution >= 0.6 is 0 Å². The number of hydrogen-bond donors (Lipinski definition) is 2. The zero-order valence-electron chi connectivity index (χ0n) is 14.8. The Bertz CT molecular complexity index is 924. The predicted molar refractivity (Wildman–Crippen MR) is 106 cm³/mol. The highest BCUT2D eigenvalue weighted by atomic mass is 16.5. The molecule has 0 bridgehead atoms. The van der Waals surface area contributed by atoms with Crippen LogP contribution in [-0.4, -0.2) is 19.1 Å². The van der Waals surface area contributed by atoms with Crippen molar-refractivity contribution in [1.82, 2.24) is 0 Å². The van der Waals surface area contributed by atoms with Gasteiger partial charge in [0, 0.05) is 17.8 Å². The van der Waals surface area contributed by atoms with Gasteiger partial charge < -0.3 is 20.1 Å². The second-order valence-corrected chi connectivity index (χ2v) is 6.24. The van der Waals surface area contributed by atoms with E-state index in [0.717, 1.165) is 23.5 Å². The third-order valence-electron chi connectivity index (χ3n) is 4.28. The Balaban J connectivity index is 1.37. The van der Waals surface area contributed by atoms with Crippen LogP contribution in [0.1, 0.15) is 15.9 Å². The van der Waals surface area contributed by atoms with E-state index in [1.54, 1.807) is 12.1 Å². The molecule has 0 atom stereocenters. The standard InChI is InChI=1S/C22H20N2O3/c25-22(17-6-11-20-21(14-17)26-13-12-23-20)24-18-7-9-19(10-8-18)27-15-16-4-2-1-3-5-16/h1-11,14,23H,12-13,15H2,(H,24,25). The van der Waals surface area contributed by atoms with Crippen molar-refractivity contribution in [1.29, 1.82) is 0 Å². The van der Waals surface area contributed by atoms with Crippen LogP contribution in [0.2, 0.25) is 0 Å². The van der Waals surface area contributed by atoms with E-state index in [-0.39, 0.29) is 5.91 Å². The minimum absolute atomic E-state index is 0.176. The molecule has 3 aromatic rings. The zero-order chi connectivity index (χ0) is 18.5. The molecule has 0 aromatic heterocycles. The Morgan fingerprint density at radius 3 is 2.67 bits per heavy atom. The van der Waals surface area contributed by atoms with Crippen LogP contribution in [0.25, 0.3) is 0 Å². The van der Waals surface area contributed by atoms with Gasteiger partial charge in [-0.15, -0.1) is 0 Å². The van der Waals surface area contributed by atoms with Gasteiger partial charge in [-0.05, 0) is 48.0 Å². The first kappa shape index (κ1) is 17.0. The number of nitrogens with one attached hydrogen (secondary N) is 2. The molecule has 3 aromatic carbocycles. The Hall–Kier alpha value is -3.47. The summed E-state index contributed by atoms with van der Waals surface area (Å²) in [5.41, 5.74) is 3.29. The van der Waals surface area contributed by atoms with E-state index in [1.165, 1.54) is 0 Å². The second-order valence-electron chi connectivity index (χ2n) is 6.24. The highest BCUT2D eigenvalue weighted by Crippen LogP contribution is 2.28. The number of carbonyl (C=O) groups excluding carboxylic acids is 1. The summed E-state index contributed by atoms with van der Waals surface area (Å²) < 4.78 is 11.3. The summed E-state index contributed by atoms with van der Waals surface area (Å²) in [6, 6.07) is 22.7. The van der Waals surface area contributed by atoms with Gasteiger partial charge in [-0.25, -0.2) is 0 Å². The fraction of sp³-hybridized carbons (Fsp3) is 0.136. The molecule has 0 fully saturated rings. The lowest BCUT2D eigenvalue weighted by molar-refractivity contribution is 0.102. The maximum Gasteiger partial charge on any atom is 0.255 e. The molecular weight excluding hydrogens is 340 g/mol. The fourth-order valence-corrected chi connectivity index (χ4v) is 2.85. The van der Waals surface area contributed by atoms with Crippen molar-refractivity contribution in [3.05, 3.63) is 83.9 Å². The quantitative estimate of drug-likeness (QED) is 0.711. The monoisotopic (exact) mass is 360 g/mol. The largest absolute Gasteiger partial charge is 0.490 e. The van der Waals surface area contributed by atoms with E-state index < -0.39 is 0 Å². The van der Waals surface area contributed by atoms with Crippen molar-refractivity contribution in [2.45, 2.75) is 6.61 Å². The molecule has 1 heterocycles. The average molecular weight is 360 g/mol. The highest BCUT2D eigenvalue weighted by molar-refractivity contribution is 6.04. The summed E-state index contributed by atoms with van der Waals surface area (Å²) in [4.78, 5) is 12.5. The molecule has 0 saturated carbocycles. The fourth-order valence-electron chi connectivity index (χ4n) is 2.85. The van der Waals surface area contributed by atoms with E-state index in [9.17, 15) is 4.79 Å². The average Bonchev–Trinajstić information content (AvgIpc) is 2.73. The predicted octanol–water partition coefficient (Wildman–Crippen LogP) is 4.32. The summed E-state index contributed by atoms with van der Waals surface area (Å²) in [5.74, 6) is 1.29. The highest BCUT2D eigenvalue weighted by Gasteiger charge is 2.13. The lowest BCUT2D eigenvalue weighted by Crippen LogP contribution is -2.19. The molecule has 0 saturated heterocycles. The van der Waals surface area contributed by atoms with Crippen molar-refractivity contribution in [3.63, 3.8) is 0 Å². The molecule has 136 valence electrons. The van der Waals surface area contributed by atoms with Crippen LogP contribution in [0.4, 0.5) is 11.4 Å². The first-order valence-corrected chi connectivity index (χ1v) is 8.87. The third-order valence-corrected chi connectivity index (χ3v) is 4.28. The topological polar surface area (TPSA) is 59.6 Å². The van der Waals surface area contributed by atoms with Gasteiger partial charge in [-0.2, -0.15) is 0 Å². The molecule has 1 aliphatic heterocycles. The minimum atomic E-state index is -0.176. The molecular formula is C22H20N2O3. The lowest BCUT2D eigenvalue weighted by Gasteiger charge is -2.19. The molecule has 1 aliphatic rings. The summed E-state index contributed by atoms with van der Waals surface area (Å²) in [6.07, 6.45) is 0. The van der Waals surface area contributed by atoms with Crippen LogP contribution in [-0.2, 0) is 6.61 Å². The van der Waals surface area contributed by atoms with Gasteiger partial charge in [-0.1, -0.05) is 30.3 Å². The van der Waals surface area contributed by atoms with Crippen molar-refractivity contribution in [3.8, 4) is 11.5 Å². The van der Waals surface area contributed by atoms with Crippen molar-refractivity contribution >= 4 is 17.3 Å². The number of anilines is 2. The van der Waals surface area contributed by atoms with Gasteiger partial charge in [0.2, 0.25) is 0 Å². The molecule has 2 N–H and O–H groups in total. The van der Waals surface area contributed by atoms with Crippen LogP contribution in [0.15, 0.2) is 72.8 Å². The molecule has 5 heteroatoms. The summed E-state index contributed by atoms with van der Waals surface area (Å²) in [7, 11) is 0. The Labute approximate surface area is 157 Å². The summed E-state index contributed by atoms with van der Waals surface area (Å²) >= 11 is 0. The van der Waals surface area contributed by atoms with Crippen molar-refractivity contribution < 1.29 is 14.3 Å². The molecule has 4 rings (SSSR count). The molecule has 0 spiro atoms. The van der Waals surface area contributed by atoms with Crippen LogP contribution in [0, 0.1) is 0 Å². The Morgan fingerprint density at radius 2 is 1.85 bits per heavy atom. The normalized spacial score (nSPS) is 12.3. The molecule has 0 aliphatic carbocycles. The summed E-state index contributed by atoms with van der Waals surface area (Å²) in [6.45, 7) is 1.88. The van der Waals surface area contributed by atoms with E-state index in [1.807, 2.05) is 60.7 Å². The van der Waals surface area contributed by atoms with E-state index >= 15 is 0 Å². The van der Waals surface area contributed by atoms with Gasteiger partial charge in [0.25, 0.3) is 5.91 Å². The summed E-state index contributed by atoms with van der Waals surface area (Å²) in [5, 5.41) is 6.13. The maximum atomic E-state index is 12.5. The van der Waals surface area contributed by atoms with E-state index in [2.05, 4.69) is 10.6 Å². The smallest absolute Gasteiger partial charge is 0.255 e. The van der Waals surface area contributed by atoms with E-state index in [0.29, 0.717) is 30.2 Å². The molecule has 1 amide bonds. The first-order valence-electron chi connectivity index (χ1n) is 8.87. The van der Waals surface area contributed by atoms with Crippen molar-refractivity contribution in [2.75, 3.05) is 23.8 Å². The number of carbonyl (C=O) groups is 1. The van der Waals surface area contributed by atoms with Gasteiger partial charge in [0.15, 0.2) is 0 Å². The zero-order valence-corrected chi connectivity index (χ0v) is 14.8. The molecule has 0 unspecified atom stereocenters. The first-order chi connectivity index (χ1) is 13.3. The molecule has 0 radical (unpaired) electrons. The van der Waals surface area contributed by atoms with Crippen LogP contribution in [0.5, 0.6) is 11.5 Å². The number of ether oxygens (including phenoxy) is 2. The van der Waals surface area contributed by atoms with Gasteiger partial charge in [0.05, 0.1) is 5.69 Å². The van der Waals surface area contributed by atoms with Gasteiger partial charge in [-0.3, -0.25) is 4.79 Å². The maximum absolute atomic E-state index is 12.5. The molecule has 27 heavy (non-hydrogen) atoms. The van der Waals surface area contributed by atoms with Gasteiger partial charge in [0.1, 0.15) is 24.7 Å². The third kappa shape index (κ3) is 4.20. The van der Waals surface area contributed by atoms with Crippen molar-refractivity contribution in [2.24, 2.45) is 0 Å². The lowest BCUT2D eigenvalue weighted by atomic mass is 10.1. The minimum Gasteiger partial charge on any atom is -0.490 e. The van der Waals surface area contributed by atoms with Crippen LogP contribution in [0.3, 0.4) is 0 Å². The second kappa shape index (κ2) is 7.83. The number of hydrogen-bond acceptors (Lipinski definition) is 4. The van der Waals surface area contributed by atoms with E-state index in [4.69, 9.17) is 9.47 Å². The SMILES string of the molecule is O=C(Nc1ccc(OCc2ccccc2)cc1)c1ccc2c(c1)OCCN2. The van der Waals surface area contributed by atoms with Gasteiger partial charge >= 0.3 is 0 Å². The Morgan fingerprint density at radius 1 is 1.04 bits per heavy atom.